The molecule has 0 atom stereocenters. The van der Waals surface area contributed by atoms with Crippen LogP contribution in [0.2, 0.25) is 0 Å². The van der Waals surface area contributed by atoms with Gasteiger partial charge in [-0.3, -0.25) is 9.69 Å². The van der Waals surface area contributed by atoms with Crippen molar-refractivity contribution in [3.63, 3.8) is 0 Å². The van der Waals surface area contributed by atoms with E-state index in [0.717, 1.165) is 32.7 Å². The summed E-state index contributed by atoms with van der Waals surface area (Å²) in [6.07, 6.45) is 0. The average Bonchev–Trinajstić information content (AvgIpc) is 2.15. The molecule has 1 rings (SSSR count). The molecule has 0 N–H and O–H groups in total. The Bertz CT molecular complexity index is 133. The van der Waals surface area contributed by atoms with Crippen molar-refractivity contribution in [1.29, 1.82) is 0 Å². The standard InChI is InChI=1S/C8H16N2O2/c1-2-9-3-5-10(6-4-9)7-12-8-11/h8H,2-7H2,1H3. The van der Waals surface area contributed by atoms with E-state index in [-0.39, 0.29) is 0 Å². The summed E-state index contributed by atoms with van der Waals surface area (Å²) in [6.45, 7) is 8.40. The van der Waals surface area contributed by atoms with E-state index in [1.165, 1.54) is 0 Å². The van der Waals surface area contributed by atoms with Crippen LogP contribution in [0.15, 0.2) is 0 Å². The van der Waals surface area contributed by atoms with Crippen LogP contribution >= 0.6 is 0 Å². The zero-order valence-electron chi connectivity index (χ0n) is 7.53. The van der Waals surface area contributed by atoms with E-state index in [2.05, 4.69) is 21.5 Å². The van der Waals surface area contributed by atoms with Crippen LogP contribution in [0.3, 0.4) is 0 Å². The Morgan fingerprint density at radius 1 is 1.25 bits per heavy atom. The van der Waals surface area contributed by atoms with E-state index in [4.69, 9.17) is 0 Å². The second-order valence-corrected chi connectivity index (χ2v) is 2.94. The first-order valence-corrected chi connectivity index (χ1v) is 4.36. The minimum atomic E-state index is 0.445. The van der Waals surface area contributed by atoms with Gasteiger partial charge in [-0.1, -0.05) is 6.92 Å². The molecular weight excluding hydrogens is 156 g/mol. The summed E-state index contributed by atoms with van der Waals surface area (Å²) in [5.74, 6) is 0. The quantitative estimate of drug-likeness (QED) is 0.548. The largest absolute Gasteiger partial charge is 0.452 e. The summed E-state index contributed by atoms with van der Waals surface area (Å²) in [6, 6.07) is 0. The maximum absolute atomic E-state index is 9.91. The first-order chi connectivity index (χ1) is 5.86. The smallest absolute Gasteiger partial charge is 0.294 e. The molecule has 0 spiro atoms. The molecule has 70 valence electrons. The molecule has 0 aliphatic carbocycles. The van der Waals surface area contributed by atoms with E-state index < -0.39 is 0 Å². The first kappa shape index (κ1) is 9.48. The van der Waals surface area contributed by atoms with Gasteiger partial charge in [0, 0.05) is 26.2 Å². The van der Waals surface area contributed by atoms with Crippen LogP contribution in [0.4, 0.5) is 0 Å². The normalized spacial score (nSPS) is 20.8. The lowest BCUT2D eigenvalue weighted by molar-refractivity contribution is -0.133. The minimum absolute atomic E-state index is 0.445. The van der Waals surface area contributed by atoms with E-state index in [1.807, 2.05) is 0 Å². The maximum Gasteiger partial charge on any atom is 0.294 e. The van der Waals surface area contributed by atoms with Gasteiger partial charge >= 0.3 is 0 Å². The SMILES string of the molecule is CCN1CCN(COC=O)CC1. The molecule has 4 nitrogen and oxygen atoms in total. The number of hydrogen-bond donors (Lipinski definition) is 0. The molecule has 1 heterocycles. The van der Waals surface area contributed by atoms with Gasteiger partial charge in [0.15, 0.2) is 0 Å². The Morgan fingerprint density at radius 3 is 2.33 bits per heavy atom. The Balaban J connectivity index is 2.12. The zero-order chi connectivity index (χ0) is 8.81. The zero-order valence-corrected chi connectivity index (χ0v) is 7.53. The lowest BCUT2D eigenvalue weighted by Crippen LogP contribution is -2.46. The highest BCUT2D eigenvalue weighted by atomic mass is 16.5. The van der Waals surface area contributed by atoms with Crippen molar-refractivity contribution < 1.29 is 9.53 Å². The molecule has 0 aromatic carbocycles. The van der Waals surface area contributed by atoms with Gasteiger partial charge < -0.3 is 9.64 Å². The van der Waals surface area contributed by atoms with Crippen LogP contribution in [0, 0.1) is 0 Å². The second-order valence-electron chi connectivity index (χ2n) is 2.94. The third kappa shape index (κ3) is 2.79. The van der Waals surface area contributed by atoms with Crippen molar-refractivity contribution in [3.05, 3.63) is 0 Å². The number of rotatable bonds is 4. The Morgan fingerprint density at radius 2 is 1.83 bits per heavy atom. The van der Waals surface area contributed by atoms with E-state index >= 15 is 0 Å². The molecule has 4 heteroatoms. The van der Waals surface area contributed by atoms with Crippen molar-refractivity contribution in [2.75, 3.05) is 39.5 Å². The number of ether oxygens (including phenoxy) is 1. The van der Waals surface area contributed by atoms with E-state index in [1.54, 1.807) is 0 Å². The van der Waals surface area contributed by atoms with Crippen LogP contribution in [-0.2, 0) is 9.53 Å². The maximum atomic E-state index is 9.91. The van der Waals surface area contributed by atoms with Crippen molar-refractivity contribution in [2.45, 2.75) is 6.92 Å². The van der Waals surface area contributed by atoms with Crippen LogP contribution in [0.25, 0.3) is 0 Å². The van der Waals surface area contributed by atoms with Gasteiger partial charge in [0.1, 0.15) is 6.73 Å². The highest BCUT2D eigenvalue weighted by Gasteiger charge is 2.14. The molecule has 1 saturated heterocycles. The van der Waals surface area contributed by atoms with Gasteiger partial charge in [0.2, 0.25) is 0 Å². The third-order valence-electron chi connectivity index (χ3n) is 2.24. The van der Waals surface area contributed by atoms with Crippen molar-refractivity contribution in [2.24, 2.45) is 0 Å². The molecule has 0 bridgehead atoms. The summed E-state index contributed by atoms with van der Waals surface area (Å²) in [5.41, 5.74) is 0. The van der Waals surface area contributed by atoms with Gasteiger partial charge in [0.25, 0.3) is 6.47 Å². The fourth-order valence-corrected chi connectivity index (χ4v) is 1.37. The molecular formula is C8H16N2O2. The summed E-state index contributed by atoms with van der Waals surface area (Å²) in [5, 5.41) is 0. The van der Waals surface area contributed by atoms with Gasteiger partial charge in [0.05, 0.1) is 0 Å². The van der Waals surface area contributed by atoms with Crippen LogP contribution < -0.4 is 0 Å². The fraction of sp³-hybridized carbons (Fsp3) is 0.875. The first-order valence-electron chi connectivity index (χ1n) is 4.36. The molecule has 0 radical (unpaired) electrons. The van der Waals surface area contributed by atoms with E-state index in [9.17, 15) is 4.79 Å². The number of nitrogens with zero attached hydrogens (tertiary/aromatic N) is 2. The molecule has 1 aliphatic rings. The van der Waals surface area contributed by atoms with E-state index in [0.29, 0.717) is 13.2 Å². The number of hydrogen-bond acceptors (Lipinski definition) is 4. The van der Waals surface area contributed by atoms with Gasteiger partial charge in [-0.15, -0.1) is 0 Å². The predicted octanol–water partition coefficient (Wildman–Crippen LogP) is -0.246. The number of carbonyl (C=O) groups excluding carboxylic acids is 1. The molecule has 0 unspecified atom stereocenters. The van der Waals surface area contributed by atoms with Crippen molar-refractivity contribution >= 4 is 6.47 Å². The summed E-state index contributed by atoms with van der Waals surface area (Å²) < 4.78 is 4.67. The molecule has 12 heavy (non-hydrogen) atoms. The molecule has 0 saturated carbocycles. The Hall–Kier alpha value is -0.610. The highest BCUT2D eigenvalue weighted by molar-refractivity contribution is 5.36. The molecule has 1 aliphatic heterocycles. The predicted molar refractivity (Wildman–Crippen MR) is 45.7 cm³/mol. The Labute approximate surface area is 73.1 Å². The van der Waals surface area contributed by atoms with Crippen molar-refractivity contribution in [1.82, 2.24) is 9.80 Å². The van der Waals surface area contributed by atoms with Crippen molar-refractivity contribution in [3.8, 4) is 0 Å². The minimum Gasteiger partial charge on any atom is -0.452 e. The number of likely N-dealkylation sites (N-methyl/N-ethyl adjacent to an activating group) is 1. The summed E-state index contributed by atoms with van der Waals surface area (Å²) in [4.78, 5) is 14.4. The van der Waals surface area contributed by atoms with Gasteiger partial charge in [-0.25, -0.2) is 0 Å². The average molecular weight is 172 g/mol. The lowest BCUT2D eigenvalue weighted by Gasteiger charge is -2.32. The highest BCUT2D eigenvalue weighted by Crippen LogP contribution is 1.99. The third-order valence-corrected chi connectivity index (χ3v) is 2.24. The fourth-order valence-electron chi connectivity index (χ4n) is 1.37. The molecule has 1 fully saturated rings. The molecule has 0 amide bonds. The monoisotopic (exact) mass is 172 g/mol. The second kappa shape index (κ2) is 5.11. The topological polar surface area (TPSA) is 32.8 Å². The summed E-state index contributed by atoms with van der Waals surface area (Å²) in [7, 11) is 0. The Kier molecular flexibility index (Phi) is 4.04. The lowest BCUT2D eigenvalue weighted by atomic mass is 10.3. The van der Waals surface area contributed by atoms with Crippen LogP contribution in [0.1, 0.15) is 6.92 Å². The van der Waals surface area contributed by atoms with Crippen LogP contribution in [-0.4, -0.2) is 55.7 Å². The number of piperazine rings is 1. The summed E-state index contributed by atoms with van der Waals surface area (Å²) >= 11 is 0. The van der Waals surface area contributed by atoms with Crippen LogP contribution in [0.5, 0.6) is 0 Å². The number of carbonyl (C=O) groups is 1. The van der Waals surface area contributed by atoms with Gasteiger partial charge in [-0.05, 0) is 6.54 Å². The molecule has 0 aromatic rings. The van der Waals surface area contributed by atoms with Gasteiger partial charge in [-0.2, -0.15) is 0 Å². The molecule has 0 aromatic heterocycles.